The van der Waals surface area contributed by atoms with Gasteiger partial charge in [-0.2, -0.15) is 0 Å². The van der Waals surface area contributed by atoms with E-state index in [9.17, 15) is 4.79 Å². The number of hydrogen-bond donors (Lipinski definition) is 2. The third-order valence-corrected chi connectivity index (χ3v) is 2.28. The van der Waals surface area contributed by atoms with E-state index < -0.39 is 5.54 Å². The summed E-state index contributed by atoms with van der Waals surface area (Å²) < 4.78 is 0. The maximum atomic E-state index is 11.7. The van der Waals surface area contributed by atoms with Crippen LogP contribution in [0, 0.1) is 0 Å². The smallest absolute Gasteiger partial charge is 0.251 e. The molecule has 4 heteroatoms. The highest BCUT2D eigenvalue weighted by Crippen LogP contribution is 2.11. The third kappa shape index (κ3) is 3.53. The average molecular weight is 227 g/mol. The topological polar surface area (TPSA) is 55.1 Å². The van der Waals surface area contributed by atoms with Crippen LogP contribution in [0.5, 0.6) is 0 Å². The Labute approximate surface area is 94.6 Å². The molecule has 0 radical (unpaired) electrons. The second-order valence-corrected chi connectivity index (χ2v) is 4.49. The molecular formula is C11H15ClN2O. The van der Waals surface area contributed by atoms with Gasteiger partial charge in [0.2, 0.25) is 0 Å². The van der Waals surface area contributed by atoms with E-state index in [1.165, 1.54) is 0 Å². The Hall–Kier alpha value is -1.06. The van der Waals surface area contributed by atoms with E-state index in [-0.39, 0.29) is 5.91 Å². The zero-order valence-electron chi connectivity index (χ0n) is 8.88. The molecule has 3 N–H and O–H groups in total. The minimum absolute atomic E-state index is 0.159. The Morgan fingerprint density at radius 3 is 2.73 bits per heavy atom. The lowest BCUT2D eigenvalue weighted by Crippen LogP contribution is -2.48. The number of amides is 1. The molecule has 0 aromatic heterocycles. The Morgan fingerprint density at radius 2 is 2.20 bits per heavy atom. The zero-order valence-corrected chi connectivity index (χ0v) is 9.64. The Kier molecular flexibility index (Phi) is 3.72. The predicted octanol–water partition coefficient (Wildman–Crippen LogP) is 1.81. The van der Waals surface area contributed by atoms with Crippen molar-refractivity contribution < 1.29 is 4.79 Å². The summed E-state index contributed by atoms with van der Waals surface area (Å²) in [7, 11) is 0. The van der Waals surface area contributed by atoms with Crippen LogP contribution in [0.2, 0.25) is 5.02 Å². The van der Waals surface area contributed by atoms with Crippen LogP contribution < -0.4 is 11.1 Å². The second kappa shape index (κ2) is 4.64. The lowest BCUT2D eigenvalue weighted by molar-refractivity contribution is 0.0915. The van der Waals surface area contributed by atoms with Crippen LogP contribution in [0.25, 0.3) is 0 Å². The standard InChI is InChI=1S/C11H15ClN2O/c1-11(2,7-13)14-10(15)8-4-3-5-9(12)6-8/h3-6H,7,13H2,1-2H3,(H,14,15). The molecule has 82 valence electrons. The summed E-state index contributed by atoms with van der Waals surface area (Å²) in [4.78, 5) is 11.7. The molecule has 1 amide bonds. The number of nitrogens with one attached hydrogen (secondary N) is 1. The molecule has 1 aromatic rings. The van der Waals surface area contributed by atoms with Gasteiger partial charge in [-0.3, -0.25) is 4.79 Å². The van der Waals surface area contributed by atoms with Crippen molar-refractivity contribution in [3.8, 4) is 0 Å². The first-order chi connectivity index (χ1) is 6.94. The molecule has 0 fully saturated rings. The highest BCUT2D eigenvalue weighted by atomic mass is 35.5. The highest BCUT2D eigenvalue weighted by Gasteiger charge is 2.18. The summed E-state index contributed by atoms with van der Waals surface area (Å²) in [6.07, 6.45) is 0. The molecule has 1 aromatic carbocycles. The van der Waals surface area contributed by atoms with Gasteiger partial charge in [-0.15, -0.1) is 0 Å². The van der Waals surface area contributed by atoms with Gasteiger partial charge >= 0.3 is 0 Å². The van der Waals surface area contributed by atoms with Crippen LogP contribution >= 0.6 is 11.6 Å². The van der Waals surface area contributed by atoms with Crippen molar-refractivity contribution in [2.45, 2.75) is 19.4 Å². The minimum Gasteiger partial charge on any atom is -0.346 e. The zero-order chi connectivity index (χ0) is 11.5. The average Bonchev–Trinajstić information content (AvgIpc) is 2.17. The number of rotatable bonds is 3. The molecule has 15 heavy (non-hydrogen) atoms. The van der Waals surface area contributed by atoms with E-state index in [2.05, 4.69) is 5.32 Å². The third-order valence-electron chi connectivity index (χ3n) is 2.05. The second-order valence-electron chi connectivity index (χ2n) is 4.05. The van der Waals surface area contributed by atoms with Gasteiger partial charge in [0.05, 0.1) is 0 Å². The number of halogens is 1. The first-order valence-corrected chi connectivity index (χ1v) is 5.10. The molecule has 1 rings (SSSR count). The molecular weight excluding hydrogens is 212 g/mol. The van der Waals surface area contributed by atoms with Crippen LogP contribution in [0.15, 0.2) is 24.3 Å². The fourth-order valence-electron chi connectivity index (χ4n) is 1.06. The molecule has 0 spiro atoms. The predicted molar refractivity (Wildman–Crippen MR) is 62.1 cm³/mol. The molecule has 0 saturated carbocycles. The van der Waals surface area contributed by atoms with Crippen LogP contribution in [0.3, 0.4) is 0 Å². The largest absolute Gasteiger partial charge is 0.346 e. The maximum Gasteiger partial charge on any atom is 0.251 e. The quantitative estimate of drug-likeness (QED) is 0.826. The van der Waals surface area contributed by atoms with Crippen LogP contribution in [-0.2, 0) is 0 Å². The number of carbonyl (C=O) groups is 1. The van der Waals surface area contributed by atoms with Gasteiger partial charge in [-0.1, -0.05) is 17.7 Å². The maximum absolute atomic E-state index is 11.7. The summed E-state index contributed by atoms with van der Waals surface area (Å²) in [5.74, 6) is -0.159. The normalized spacial score (nSPS) is 11.2. The molecule has 0 unspecified atom stereocenters. The summed E-state index contributed by atoms with van der Waals surface area (Å²) >= 11 is 5.79. The Morgan fingerprint density at radius 1 is 1.53 bits per heavy atom. The summed E-state index contributed by atoms with van der Waals surface area (Å²) in [6.45, 7) is 4.13. The van der Waals surface area contributed by atoms with Crippen LogP contribution in [-0.4, -0.2) is 18.0 Å². The monoisotopic (exact) mass is 226 g/mol. The SMILES string of the molecule is CC(C)(CN)NC(=O)c1cccc(Cl)c1. The molecule has 0 aliphatic heterocycles. The van der Waals surface area contributed by atoms with Gasteiger partial charge in [0.15, 0.2) is 0 Å². The number of nitrogens with two attached hydrogens (primary N) is 1. The first kappa shape index (κ1) is 12.0. The molecule has 0 saturated heterocycles. The molecule has 0 atom stereocenters. The number of hydrogen-bond acceptors (Lipinski definition) is 2. The lowest BCUT2D eigenvalue weighted by Gasteiger charge is -2.24. The van der Waals surface area contributed by atoms with E-state index in [0.717, 1.165) is 0 Å². The highest BCUT2D eigenvalue weighted by molar-refractivity contribution is 6.30. The van der Waals surface area contributed by atoms with Gasteiger partial charge in [0.25, 0.3) is 5.91 Å². The molecule has 0 heterocycles. The van der Waals surface area contributed by atoms with Crippen LogP contribution in [0.4, 0.5) is 0 Å². The van der Waals surface area contributed by atoms with Crippen molar-refractivity contribution in [1.29, 1.82) is 0 Å². The summed E-state index contributed by atoms with van der Waals surface area (Å²) in [5.41, 5.74) is 5.66. The van der Waals surface area contributed by atoms with Gasteiger partial charge < -0.3 is 11.1 Å². The Balaban J connectivity index is 2.78. The van der Waals surface area contributed by atoms with Crippen molar-refractivity contribution in [2.24, 2.45) is 5.73 Å². The van der Waals surface area contributed by atoms with Crippen molar-refractivity contribution in [3.63, 3.8) is 0 Å². The first-order valence-electron chi connectivity index (χ1n) is 4.73. The van der Waals surface area contributed by atoms with E-state index in [4.69, 9.17) is 17.3 Å². The van der Waals surface area contributed by atoms with Crippen molar-refractivity contribution in [3.05, 3.63) is 34.9 Å². The van der Waals surface area contributed by atoms with E-state index >= 15 is 0 Å². The molecule has 0 bridgehead atoms. The minimum atomic E-state index is -0.403. The fraction of sp³-hybridized carbons (Fsp3) is 0.364. The van der Waals surface area contributed by atoms with Gasteiger partial charge in [0, 0.05) is 22.7 Å². The molecule has 0 aliphatic rings. The van der Waals surface area contributed by atoms with Gasteiger partial charge in [-0.25, -0.2) is 0 Å². The van der Waals surface area contributed by atoms with Crippen molar-refractivity contribution in [2.75, 3.05) is 6.54 Å². The fourth-order valence-corrected chi connectivity index (χ4v) is 1.25. The van der Waals surface area contributed by atoms with E-state index in [0.29, 0.717) is 17.1 Å². The summed E-state index contributed by atoms with van der Waals surface area (Å²) in [5, 5.41) is 3.38. The van der Waals surface area contributed by atoms with E-state index in [1.54, 1.807) is 24.3 Å². The Bertz CT molecular complexity index is 363. The van der Waals surface area contributed by atoms with Crippen molar-refractivity contribution in [1.82, 2.24) is 5.32 Å². The number of benzene rings is 1. The lowest BCUT2D eigenvalue weighted by atomic mass is 10.1. The number of carbonyl (C=O) groups excluding carboxylic acids is 1. The van der Waals surface area contributed by atoms with Crippen LogP contribution in [0.1, 0.15) is 24.2 Å². The van der Waals surface area contributed by atoms with Gasteiger partial charge in [-0.05, 0) is 32.0 Å². The summed E-state index contributed by atoms with van der Waals surface area (Å²) in [6, 6.07) is 6.82. The van der Waals surface area contributed by atoms with Gasteiger partial charge in [0.1, 0.15) is 0 Å². The van der Waals surface area contributed by atoms with E-state index in [1.807, 2.05) is 13.8 Å². The molecule has 3 nitrogen and oxygen atoms in total. The molecule has 0 aliphatic carbocycles. The van der Waals surface area contributed by atoms with Crippen molar-refractivity contribution >= 4 is 17.5 Å².